The molecule has 1 saturated carbocycles. The molecule has 158 valence electrons. The monoisotopic (exact) mass is 389 g/mol. The van der Waals surface area contributed by atoms with Crippen LogP contribution in [0.1, 0.15) is 52.9 Å². The Morgan fingerprint density at radius 3 is 2.57 bits per heavy atom. The van der Waals surface area contributed by atoms with E-state index in [-0.39, 0.29) is 12.1 Å². The Hall–Kier alpha value is -1.59. The molecule has 2 aliphatic rings. The summed E-state index contributed by atoms with van der Waals surface area (Å²) in [5.74, 6) is 0. The van der Waals surface area contributed by atoms with Crippen LogP contribution in [0.4, 0.5) is 4.79 Å². The Kier molecular flexibility index (Phi) is 9.26. The fraction of sp³-hybridized carbons (Fsp3) is 0.696. The molecule has 2 atom stereocenters. The highest BCUT2D eigenvalue weighted by Crippen LogP contribution is 2.24. The number of hydrogen-bond acceptors (Lipinski definition) is 4. The molecule has 0 aromatic carbocycles. The Balaban J connectivity index is 1.69. The van der Waals surface area contributed by atoms with Crippen molar-refractivity contribution in [3.05, 3.63) is 37.0 Å². The maximum absolute atomic E-state index is 12.1. The van der Waals surface area contributed by atoms with Crippen LogP contribution >= 0.6 is 0 Å². The van der Waals surface area contributed by atoms with Crippen molar-refractivity contribution in [2.75, 3.05) is 32.7 Å². The molecule has 1 heterocycles. The zero-order chi connectivity index (χ0) is 20.4. The highest BCUT2D eigenvalue weighted by Gasteiger charge is 2.30. The molecule has 1 aliphatic carbocycles. The standard InChI is InChI=1S/C23H39N3O2/c1-5-6-7-8-9-10-14-25-15-17-26(18-16-25)21-13-11-12-20(19-21)24-22(27)28-23(2,3)4/h5-9,20-21H,1,10-19H2,2-4H3,(H,24,27). The number of hydrogen-bond donors (Lipinski definition) is 1. The quantitative estimate of drug-likeness (QED) is 0.665. The van der Waals surface area contributed by atoms with Gasteiger partial charge >= 0.3 is 6.09 Å². The lowest BCUT2D eigenvalue weighted by atomic mass is 9.89. The van der Waals surface area contributed by atoms with Gasteiger partial charge in [0.15, 0.2) is 0 Å². The van der Waals surface area contributed by atoms with Gasteiger partial charge in [-0.3, -0.25) is 4.90 Å². The van der Waals surface area contributed by atoms with Crippen molar-refractivity contribution in [3.8, 4) is 0 Å². The molecule has 1 amide bonds. The van der Waals surface area contributed by atoms with Crippen LogP contribution in [0, 0.1) is 0 Å². The lowest BCUT2D eigenvalue weighted by molar-refractivity contribution is 0.0434. The minimum absolute atomic E-state index is 0.236. The van der Waals surface area contributed by atoms with E-state index in [0.717, 1.165) is 52.0 Å². The van der Waals surface area contributed by atoms with Crippen LogP contribution in [0.15, 0.2) is 37.0 Å². The number of amides is 1. The smallest absolute Gasteiger partial charge is 0.407 e. The third-order valence-electron chi connectivity index (χ3n) is 5.40. The summed E-state index contributed by atoms with van der Waals surface area (Å²) in [7, 11) is 0. The van der Waals surface area contributed by atoms with Crippen LogP contribution in [-0.2, 0) is 4.74 Å². The number of rotatable bonds is 7. The number of piperazine rings is 1. The zero-order valence-electron chi connectivity index (χ0n) is 18.0. The Bertz CT molecular complexity index is 543. The molecule has 1 saturated heterocycles. The van der Waals surface area contributed by atoms with Crippen molar-refractivity contribution in [1.29, 1.82) is 0 Å². The van der Waals surface area contributed by atoms with Gasteiger partial charge in [0.05, 0.1) is 0 Å². The summed E-state index contributed by atoms with van der Waals surface area (Å²) in [6.45, 7) is 15.0. The van der Waals surface area contributed by atoms with Crippen LogP contribution < -0.4 is 5.32 Å². The molecule has 0 aromatic heterocycles. The average molecular weight is 390 g/mol. The second-order valence-corrected chi connectivity index (χ2v) is 8.88. The Morgan fingerprint density at radius 1 is 1.14 bits per heavy atom. The number of carbonyl (C=O) groups excluding carboxylic acids is 1. The number of alkyl carbamates (subject to hydrolysis) is 1. The number of carbonyl (C=O) groups is 1. The minimum Gasteiger partial charge on any atom is -0.444 e. The number of nitrogens with zero attached hydrogens (tertiary/aromatic N) is 2. The highest BCUT2D eigenvalue weighted by molar-refractivity contribution is 5.68. The predicted molar refractivity (Wildman–Crippen MR) is 117 cm³/mol. The van der Waals surface area contributed by atoms with E-state index >= 15 is 0 Å². The number of ether oxygens (including phenoxy) is 1. The van der Waals surface area contributed by atoms with Crippen LogP contribution in [0.25, 0.3) is 0 Å². The Morgan fingerprint density at radius 2 is 1.89 bits per heavy atom. The zero-order valence-corrected chi connectivity index (χ0v) is 18.0. The summed E-state index contributed by atoms with van der Waals surface area (Å²) in [6, 6.07) is 0.820. The van der Waals surface area contributed by atoms with E-state index in [2.05, 4.69) is 33.8 Å². The first-order valence-corrected chi connectivity index (χ1v) is 10.8. The molecule has 2 fully saturated rings. The number of allylic oxidation sites excluding steroid dienone is 4. The van der Waals surface area contributed by atoms with Crippen molar-refractivity contribution in [1.82, 2.24) is 15.1 Å². The summed E-state index contributed by atoms with van der Waals surface area (Å²) < 4.78 is 5.42. The molecular formula is C23H39N3O2. The topological polar surface area (TPSA) is 44.8 Å². The third-order valence-corrected chi connectivity index (χ3v) is 5.40. The van der Waals surface area contributed by atoms with Crippen LogP contribution in [-0.4, -0.2) is 66.3 Å². The maximum atomic E-state index is 12.1. The van der Waals surface area contributed by atoms with Gasteiger partial charge in [-0.2, -0.15) is 0 Å². The van der Waals surface area contributed by atoms with Crippen molar-refractivity contribution in [2.24, 2.45) is 0 Å². The van der Waals surface area contributed by atoms with E-state index in [9.17, 15) is 4.79 Å². The molecule has 0 aromatic rings. The molecule has 2 rings (SSSR count). The first-order valence-electron chi connectivity index (χ1n) is 10.8. The molecule has 5 heteroatoms. The molecule has 0 bridgehead atoms. The first kappa shape index (κ1) is 22.7. The predicted octanol–water partition coefficient (Wildman–Crippen LogP) is 4.13. The fourth-order valence-corrected chi connectivity index (χ4v) is 4.03. The summed E-state index contributed by atoms with van der Waals surface area (Å²) in [4.78, 5) is 17.2. The SMILES string of the molecule is C=CC=CC=CCCN1CCN(C2CCCC(NC(=O)OC(C)(C)C)C2)CC1. The van der Waals surface area contributed by atoms with E-state index in [1.807, 2.05) is 32.9 Å². The fourth-order valence-electron chi connectivity index (χ4n) is 4.03. The van der Waals surface area contributed by atoms with Gasteiger partial charge in [0.1, 0.15) is 5.60 Å². The maximum Gasteiger partial charge on any atom is 0.407 e. The van der Waals surface area contributed by atoms with Gasteiger partial charge in [0, 0.05) is 44.8 Å². The molecule has 1 N–H and O–H groups in total. The summed E-state index contributed by atoms with van der Waals surface area (Å²) in [5.41, 5.74) is -0.439. The summed E-state index contributed by atoms with van der Waals surface area (Å²) in [5, 5.41) is 3.08. The molecule has 5 nitrogen and oxygen atoms in total. The van der Waals surface area contributed by atoms with Gasteiger partial charge in [-0.15, -0.1) is 0 Å². The first-order chi connectivity index (χ1) is 13.4. The van der Waals surface area contributed by atoms with E-state index in [1.165, 1.54) is 12.8 Å². The molecule has 0 spiro atoms. The molecule has 2 unspecified atom stereocenters. The minimum atomic E-state index is -0.439. The molecule has 1 aliphatic heterocycles. The lowest BCUT2D eigenvalue weighted by Gasteiger charge is -2.42. The van der Waals surface area contributed by atoms with Crippen LogP contribution in [0.5, 0.6) is 0 Å². The number of nitrogens with one attached hydrogen (secondary N) is 1. The van der Waals surface area contributed by atoms with Crippen LogP contribution in [0.3, 0.4) is 0 Å². The van der Waals surface area contributed by atoms with E-state index in [4.69, 9.17) is 4.74 Å². The van der Waals surface area contributed by atoms with Crippen molar-refractivity contribution < 1.29 is 9.53 Å². The third kappa shape index (κ3) is 8.61. The van der Waals surface area contributed by atoms with Gasteiger partial charge in [-0.1, -0.05) is 37.0 Å². The van der Waals surface area contributed by atoms with Gasteiger partial charge in [0.2, 0.25) is 0 Å². The van der Waals surface area contributed by atoms with Crippen molar-refractivity contribution in [3.63, 3.8) is 0 Å². The van der Waals surface area contributed by atoms with Crippen molar-refractivity contribution in [2.45, 2.75) is 70.6 Å². The second kappa shape index (κ2) is 11.4. The van der Waals surface area contributed by atoms with E-state index in [0.29, 0.717) is 6.04 Å². The van der Waals surface area contributed by atoms with E-state index < -0.39 is 5.60 Å². The molecule has 0 radical (unpaired) electrons. The van der Waals surface area contributed by atoms with Gasteiger partial charge in [0.25, 0.3) is 0 Å². The Labute approximate surface area is 171 Å². The molecule has 28 heavy (non-hydrogen) atoms. The normalized spacial score (nSPS) is 25.2. The summed E-state index contributed by atoms with van der Waals surface area (Å²) in [6.07, 6.45) is 15.4. The highest BCUT2D eigenvalue weighted by atomic mass is 16.6. The van der Waals surface area contributed by atoms with Gasteiger partial charge < -0.3 is 15.0 Å². The second-order valence-electron chi connectivity index (χ2n) is 8.88. The molecular weight excluding hydrogens is 350 g/mol. The van der Waals surface area contributed by atoms with Gasteiger partial charge in [-0.05, 0) is 52.9 Å². The van der Waals surface area contributed by atoms with Crippen molar-refractivity contribution >= 4 is 6.09 Å². The lowest BCUT2D eigenvalue weighted by Crippen LogP contribution is -2.53. The van der Waals surface area contributed by atoms with Gasteiger partial charge in [-0.25, -0.2) is 4.79 Å². The van der Waals surface area contributed by atoms with Crippen LogP contribution in [0.2, 0.25) is 0 Å². The van der Waals surface area contributed by atoms with E-state index in [1.54, 1.807) is 6.08 Å². The largest absolute Gasteiger partial charge is 0.444 e. The summed E-state index contributed by atoms with van der Waals surface area (Å²) >= 11 is 0. The average Bonchev–Trinajstić information content (AvgIpc) is 2.64.